The number of methoxy groups -OCH3 is 1. The number of rotatable bonds is 6. The lowest BCUT2D eigenvalue weighted by Gasteiger charge is -2.09. The monoisotopic (exact) mass is 378 g/mol. The first-order valence-corrected chi connectivity index (χ1v) is 9.46. The lowest BCUT2D eigenvalue weighted by Crippen LogP contribution is -1.97. The maximum absolute atomic E-state index is 12.0. The molecule has 2 aromatic heterocycles. The molecule has 2 aromatic carbocycles. The Kier molecular flexibility index (Phi) is 4.64. The van der Waals surface area contributed by atoms with Crippen LogP contribution in [0.1, 0.15) is 17.4 Å². The molecular weight excluding hydrogens is 360 g/mol. The van der Waals surface area contributed by atoms with Crippen molar-refractivity contribution in [1.82, 2.24) is 9.38 Å². The lowest BCUT2D eigenvalue weighted by molar-refractivity contribution is 0.111. The fraction of sp³-hybridized carbons (Fsp3) is 0.143. The Morgan fingerprint density at radius 2 is 1.93 bits per heavy atom. The fourth-order valence-electron chi connectivity index (χ4n) is 3.10. The molecule has 136 valence electrons. The number of aldehydes is 1. The average molecular weight is 378 g/mol. The van der Waals surface area contributed by atoms with Crippen molar-refractivity contribution in [3.05, 3.63) is 59.6 Å². The third-order valence-corrected chi connectivity index (χ3v) is 5.16. The number of thiazole rings is 1. The summed E-state index contributed by atoms with van der Waals surface area (Å²) in [6.07, 6.45) is 0.860. The Labute approximate surface area is 160 Å². The highest BCUT2D eigenvalue weighted by atomic mass is 32.1. The van der Waals surface area contributed by atoms with Crippen LogP contribution in [0.5, 0.6) is 11.5 Å². The van der Waals surface area contributed by atoms with Crippen LogP contribution in [0.15, 0.2) is 53.9 Å². The van der Waals surface area contributed by atoms with E-state index >= 15 is 0 Å². The quantitative estimate of drug-likeness (QED) is 0.446. The number of hydrogen-bond donors (Lipinski definition) is 0. The second kappa shape index (κ2) is 7.25. The van der Waals surface area contributed by atoms with E-state index in [0.717, 1.165) is 39.6 Å². The highest BCUT2D eigenvalue weighted by molar-refractivity contribution is 7.15. The molecular formula is C21H18N2O3S. The van der Waals surface area contributed by atoms with E-state index < -0.39 is 0 Å². The third-order valence-electron chi connectivity index (χ3n) is 4.34. The van der Waals surface area contributed by atoms with E-state index in [4.69, 9.17) is 14.5 Å². The Bertz CT molecular complexity index is 1100. The zero-order valence-electron chi connectivity index (χ0n) is 15.0. The number of imidazole rings is 1. The molecule has 0 saturated heterocycles. The van der Waals surface area contributed by atoms with Crippen LogP contribution in [0.3, 0.4) is 0 Å². The maximum Gasteiger partial charge on any atom is 0.195 e. The molecule has 0 spiro atoms. The van der Waals surface area contributed by atoms with Gasteiger partial charge >= 0.3 is 0 Å². The van der Waals surface area contributed by atoms with Gasteiger partial charge in [0, 0.05) is 16.5 Å². The van der Waals surface area contributed by atoms with Crippen molar-refractivity contribution >= 4 is 22.6 Å². The summed E-state index contributed by atoms with van der Waals surface area (Å²) in [7, 11) is 1.63. The molecule has 0 atom stereocenters. The summed E-state index contributed by atoms with van der Waals surface area (Å²) in [5.41, 5.74) is 3.89. The van der Waals surface area contributed by atoms with Gasteiger partial charge in [-0.05, 0) is 43.3 Å². The number of carbonyl (C=O) groups excluding carboxylic acids is 1. The number of carbonyl (C=O) groups is 1. The first-order chi connectivity index (χ1) is 13.3. The van der Waals surface area contributed by atoms with E-state index in [1.165, 1.54) is 11.3 Å². The van der Waals surface area contributed by atoms with Crippen molar-refractivity contribution in [3.8, 4) is 34.0 Å². The molecule has 0 aliphatic carbocycles. The van der Waals surface area contributed by atoms with Crippen LogP contribution in [0.2, 0.25) is 0 Å². The van der Waals surface area contributed by atoms with Crippen molar-refractivity contribution < 1.29 is 14.3 Å². The summed E-state index contributed by atoms with van der Waals surface area (Å²) in [4.78, 5) is 17.4. The molecule has 0 N–H and O–H groups in total. The Balaban J connectivity index is 1.90. The molecule has 6 heteroatoms. The molecule has 0 radical (unpaired) electrons. The highest BCUT2D eigenvalue weighted by Gasteiger charge is 2.20. The van der Waals surface area contributed by atoms with Crippen LogP contribution in [0.4, 0.5) is 0 Å². The molecule has 0 aliphatic heterocycles. The van der Waals surface area contributed by atoms with Crippen molar-refractivity contribution in [2.75, 3.05) is 13.7 Å². The predicted octanol–water partition coefficient (Wildman–Crippen LogP) is 4.95. The minimum absolute atomic E-state index is 0.526. The van der Waals surface area contributed by atoms with Crippen molar-refractivity contribution in [3.63, 3.8) is 0 Å². The van der Waals surface area contributed by atoms with Gasteiger partial charge in [0.05, 0.1) is 19.4 Å². The normalized spacial score (nSPS) is 10.9. The molecule has 5 nitrogen and oxygen atoms in total. The van der Waals surface area contributed by atoms with Gasteiger partial charge < -0.3 is 9.47 Å². The predicted molar refractivity (Wildman–Crippen MR) is 107 cm³/mol. The van der Waals surface area contributed by atoms with E-state index in [-0.39, 0.29) is 0 Å². The van der Waals surface area contributed by atoms with E-state index in [1.807, 2.05) is 65.2 Å². The van der Waals surface area contributed by atoms with Crippen molar-refractivity contribution in [2.45, 2.75) is 6.92 Å². The molecule has 0 amide bonds. The number of hydrogen-bond acceptors (Lipinski definition) is 5. The van der Waals surface area contributed by atoms with Crippen LogP contribution in [0.25, 0.3) is 27.5 Å². The van der Waals surface area contributed by atoms with Crippen molar-refractivity contribution in [2.24, 2.45) is 0 Å². The molecule has 0 unspecified atom stereocenters. The minimum Gasteiger partial charge on any atom is -0.497 e. The molecule has 4 aromatic rings. The van der Waals surface area contributed by atoms with Gasteiger partial charge in [-0.25, -0.2) is 4.98 Å². The van der Waals surface area contributed by atoms with E-state index in [0.29, 0.717) is 18.0 Å². The molecule has 4 rings (SSSR count). The summed E-state index contributed by atoms with van der Waals surface area (Å²) in [6.45, 7) is 2.53. The van der Waals surface area contributed by atoms with Crippen LogP contribution in [-0.2, 0) is 0 Å². The van der Waals surface area contributed by atoms with Gasteiger partial charge in [-0.15, -0.1) is 11.3 Å². The number of ether oxygens (including phenoxy) is 2. The second-order valence-corrected chi connectivity index (χ2v) is 6.70. The maximum atomic E-state index is 12.0. The van der Waals surface area contributed by atoms with Crippen LogP contribution >= 0.6 is 11.3 Å². The number of fused-ring (bicyclic) bond motifs is 1. The standard InChI is InChI=1S/C21H18N2O3S/c1-3-26-19-7-5-4-6-16(19)18-13-27-21-22-20(17(12-24)23(18)21)14-8-10-15(25-2)11-9-14/h4-13H,3H2,1-2H3. The fourth-order valence-corrected chi connectivity index (χ4v) is 3.99. The number of aromatic nitrogens is 2. The van der Waals surface area contributed by atoms with Gasteiger partial charge in [-0.2, -0.15) is 0 Å². The van der Waals surface area contributed by atoms with E-state index in [9.17, 15) is 4.79 Å². The van der Waals surface area contributed by atoms with Crippen molar-refractivity contribution in [1.29, 1.82) is 0 Å². The summed E-state index contributed by atoms with van der Waals surface area (Å²) in [6, 6.07) is 15.4. The average Bonchev–Trinajstić information content (AvgIpc) is 3.28. The number of benzene rings is 2. The SMILES string of the molecule is CCOc1ccccc1-c1csc2nc(-c3ccc(OC)cc3)c(C=O)n12. The van der Waals surface area contributed by atoms with Crippen LogP contribution < -0.4 is 9.47 Å². The zero-order chi connectivity index (χ0) is 18.8. The van der Waals surface area contributed by atoms with E-state index in [2.05, 4.69) is 0 Å². The van der Waals surface area contributed by atoms with Crippen LogP contribution in [-0.4, -0.2) is 29.4 Å². The molecule has 0 fully saturated rings. The van der Waals surface area contributed by atoms with Gasteiger partial charge in [-0.1, -0.05) is 12.1 Å². The van der Waals surface area contributed by atoms with E-state index in [1.54, 1.807) is 7.11 Å². The van der Waals surface area contributed by atoms with Gasteiger partial charge in [-0.3, -0.25) is 9.20 Å². The molecule has 27 heavy (non-hydrogen) atoms. The molecule has 0 saturated carbocycles. The first-order valence-electron chi connectivity index (χ1n) is 8.58. The number of nitrogens with zero attached hydrogens (tertiary/aromatic N) is 2. The summed E-state index contributed by atoms with van der Waals surface area (Å²) in [5, 5.41) is 2.00. The topological polar surface area (TPSA) is 52.8 Å². The highest BCUT2D eigenvalue weighted by Crippen LogP contribution is 2.36. The zero-order valence-corrected chi connectivity index (χ0v) is 15.8. The molecule has 0 aliphatic rings. The van der Waals surface area contributed by atoms with Gasteiger partial charge in [0.2, 0.25) is 0 Å². The summed E-state index contributed by atoms with van der Waals surface area (Å²) >= 11 is 1.50. The van der Waals surface area contributed by atoms with Crippen LogP contribution in [0, 0.1) is 0 Å². The first kappa shape index (κ1) is 17.3. The number of para-hydroxylation sites is 1. The minimum atomic E-state index is 0.526. The Morgan fingerprint density at radius 3 is 2.63 bits per heavy atom. The Morgan fingerprint density at radius 1 is 1.15 bits per heavy atom. The second-order valence-electron chi connectivity index (χ2n) is 5.86. The van der Waals surface area contributed by atoms with Gasteiger partial charge in [0.15, 0.2) is 11.2 Å². The van der Waals surface area contributed by atoms with Gasteiger partial charge in [0.1, 0.15) is 22.9 Å². The summed E-state index contributed by atoms with van der Waals surface area (Å²) < 4.78 is 12.9. The molecule has 0 bridgehead atoms. The van der Waals surface area contributed by atoms with Gasteiger partial charge in [0.25, 0.3) is 0 Å². The smallest absolute Gasteiger partial charge is 0.195 e. The largest absolute Gasteiger partial charge is 0.497 e. The lowest BCUT2D eigenvalue weighted by atomic mass is 10.1. The summed E-state index contributed by atoms with van der Waals surface area (Å²) in [5.74, 6) is 1.55. The Hall–Kier alpha value is -3.12. The molecule has 2 heterocycles. The third kappa shape index (κ3) is 2.98.